The first-order valence-electron chi connectivity index (χ1n) is 6.92. The predicted octanol–water partition coefficient (Wildman–Crippen LogP) is 3.16. The van der Waals surface area contributed by atoms with Gasteiger partial charge in [0.2, 0.25) is 0 Å². The highest BCUT2D eigenvalue weighted by molar-refractivity contribution is 5.84. The van der Waals surface area contributed by atoms with Crippen molar-refractivity contribution in [2.24, 2.45) is 0 Å². The van der Waals surface area contributed by atoms with E-state index in [1.54, 1.807) is 13.8 Å². The molecule has 0 spiro atoms. The third kappa shape index (κ3) is 2.43. The van der Waals surface area contributed by atoms with Crippen LogP contribution < -0.4 is 0 Å². The fourth-order valence-corrected chi connectivity index (χ4v) is 2.57. The number of hydrogen-bond donors (Lipinski definition) is 2. The molecule has 1 aromatic heterocycles. The van der Waals surface area contributed by atoms with Crippen LogP contribution in [0.25, 0.3) is 10.9 Å². The molecule has 0 fully saturated rings. The van der Waals surface area contributed by atoms with Gasteiger partial charge in [0.25, 0.3) is 0 Å². The van der Waals surface area contributed by atoms with Gasteiger partial charge < -0.3 is 10.1 Å². The van der Waals surface area contributed by atoms with Crippen molar-refractivity contribution in [2.45, 2.75) is 39.8 Å². The molecule has 0 amide bonds. The molecule has 108 valence electrons. The minimum Gasteiger partial charge on any atom is -0.480 e. The van der Waals surface area contributed by atoms with Crippen LogP contribution in [0.5, 0.6) is 0 Å². The first kappa shape index (κ1) is 14.6. The lowest BCUT2D eigenvalue weighted by Crippen LogP contribution is -2.49. The van der Waals surface area contributed by atoms with Gasteiger partial charge in [0.05, 0.1) is 0 Å². The zero-order valence-corrected chi connectivity index (χ0v) is 12.5. The van der Waals surface area contributed by atoms with E-state index in [2.05, 4.69) is 11.1 Å². The number of aliphatic carboxylic acids is 1. The number of carboxylic acid groups (broad SMARTS) is 1. The predicted molar refractivity (Wildman–Crippen MR) is 80.8 cm³/mol. The molecule has 0 unspecified atom stereocenters. The van der Waals surface area contributed by atoms with E-state index in [0.29, 0.717) is 13.1 Å². The number of carboxylic acids is 1. The molecule has 0 radical (unpaired) electrons. The summed E-state index contributed by atoms with van der Waals surface area (Å²) in [6, 6.07) is 8.14. The molecule has 4 nitrogen and oxygen atoms in total. The highest BCUT2D eigenvalue weighted by Crippen LogP contribution is 2.26. The Labute approximate surface area is 119 Å². The maximum Gasteiger partial charge on any atom is 0.323 e. The van der Waals surface area contributed by atoms with E-state index < -0.39 is 11.5 Å². The average molecular weight is 274 g/mol. The van der Waals surface area contributed by atoms with E-state index in [9.17, 15) is 9.90 Å². The molecule has 2 aromatic rings. The molecule has 0 saturated heterocycles. The van der Waals surface area contributed by atoms with Crippen LogP contribution in [-0.4, -0.2) is 33.0 Å². The summed E-state index contributed by atoms with van der Waals surface area (Å²) in [5.41, 5.74) is 2.51. The van der Waals surface area contributed by atoms with Crippen molar-refractivity contribution in [3.8, 4) is 0 Å². The van der Waals surface area contributed by atoms with Gasteiger partial charge in [-0.15, -0.1) is 0 Å². The van der Waals surface area contributed by atoms with Crippen molar-refractivity contribution in [3.05, 3.63) is 35.5 Å². The molecule has 2 N–H and O–H groups in total. The van der Waals surface area contributed by atoms with Gasteiger partial charge in [0.15, 0.2) is 0 Å². The summed E-state index contributed by atoms with van der Waals surface area (Å²) in [6.07, 6.45) is 0. The van der Waals surface area contributed by atoms with Gasteiger partial charge in [-0.2, -0.15) is 0 Å². The summed E-state index contributed by atoms with van der Waals surface area (Å²) >= 11 is 0. The van der Waals surface area contributed by atoms with Gasteiger partial charge in [0.1, 0.15) is 5.54 Å². The highest BCUT2D eigenvalue weighted by Gasteiger charge is 2.34. The summed E-state index contributed by atoms with van der Waals surface area (Å²) in [5, 5.41) is 10.6. The Morgan fingerprint density at radius 3 is 2.60 bits per heavy atom. The lowest BCUT2D eigenvalue weighted by Gasteiger charge is -2.34. The average Bonchev–Trinajstić information content (AvgIpc) is 2.71. The van der Waals surface area contributed by atoms with E-state index in [1.807, 2.05) is 36.9 Å². The lowest BCUT2D eigenvalue weighted by molar-refractivity contribution is -0.149. The van der Waals surface area contributed by atoms with Crippen LogP contribution in [0, 0.1) is 6.92 Å². The number of benzene rings is 1. The fraction of sp³-hybridized carbons (Fsp3) is 0.438. The molecular weight excluding hydrogens is 252 g/mol. The topological polar surface area (TPSA) is 56.3 Å². The van der Waals surface area contributed by atoms with Crippen molar-refractivity contribution in [3.63, 3.8) is 0 Å². The largest absolute Gasteiger partial charge is 0.480 e. The maximum atomic E-state index is 11.4. The Kier molecular flexibility index (Phi) is 3.86. The van der Waals surface area contributed by atoms with Crippen LogP contribution in [0.2, 0.25) is 0 Å². The van der Waals surface area contributed by atoms with Crippen LogP contribution in [0.4, 0.5) is 0 Å². The Bertz CT molecular complexity index is 628. The minimum absolute atomic E-state index is 0.631. The van der Waals surface area contributed by atoms with E-state index in [0.717, 1.165) is 11.2 Å². The minimum atomic E-state index is -0.875. The molecule has 0 saturated carbocycles. The molecule has 0 aliphatic carbocycles. The van der Waals surface area contributed by atoms with E-state index >= 15 is 0 Å². The number of H-pyrrole nitrogens is 1. The number of likely N-dealkylation sites (N-methyl/N-ethyl adjacent to an activating group) is 1. The van der Waals surface area contributed by atoms with Crippen LogP contribution in [0.1, 0.15) is 32.0 Å². The summed E-state index contributed by atoms with van der Waals surface area (Å²) in [6.45, 7) is 8.86. The van der Waals surface area contributed by atoms with Gasteiger partial charge in [-0.25, -0.2) is 0 Å². The first-order chi connectivity index (χ1) is 9.37. The number of rotatable bonds is 5. The standard InChI is InChI=1S/C16H22N2O2/c1-5-18(16(3,4)15(19)20)10-13-11(2)17-14-9-7-6-8-12(13)14/h6-9,17H,5,10H2,1-4H3,(H,19,20). The molecular formula is C16H22N2O2. The van der Waals surface area contributed by atoms with Crippen LogP contribution in [0.3, 0.4) is 0 Å². The van der Waals surface area contributed by atoms with Gasteiger partial charge in [-0.3, -0.25) is 9.69 Å². The van der Waals surface area contributed by atoms with Crippen LogP contribution in [0.15, 0.2) is 24.3 Å². The normalized spacial score (nSPS) is 12.2. The second kappa shape index (κ2) is 5.29. The maximum absolute atomic E-state index is 11.4. The van der Waals surface area contributed by atoms with Gasteiger partial charge >= 0.3 is 5.97 Å². The number of aromatic amines is 1. The van der Waals surface area contributed by atoms with E-state index in [4.69, 9.17) is 0 Å². The van der Waals surface area contributed by atoms with Crippen LogP contribution in [-0.2, 0) is 11.3 Å². The summed E-state index contributed by atoms with van der Waals surface area (Å²) in [4.78, 5) is 16.8. The number of para-hydroxylation sites is 1. The van der Waals surface area contributed by atoms with Crippen molar-refractivity contribution >= 4 is 16.9 Å². The Hall–Kier alpha value is -1.81. The van der Waals surface area contributed by atoms with Gasteiger partial charge in [-0.1, -0.05) is 25.1 Å². The first-order valence-corrected chi connectivity index (χ1v) is 6.92. The third-order valence-corrected chi connectivity index (χ3v) is 4.07. The second-order valence-corrected chi connectivity index (χ2v) is 5.65. The molecule has 1 heterocycles. The van der Waals surface area contributed by atoms with Gasteiger partial charge in [0, 0.05) is 23.1 Å². The number of aromatic nitrogens is 1. The monoisotopic (exact) mass is 274 g/mol. The van der Waals surface area contributed by atoms with Crippen molar-refractivity contribution in [1.82, 2.24) is 9.88 Å². The molecule has 0 atom stereocenters. The molecule has 1 aromatic carbocycles. The lowest BCUT2D eigenvalue weighted by atomic mass is 10.0. The molecule has 0 aliphatic heterocycles. The molecule has 4 heteroatoms. The highest BCUT2D eigenvalue weighted by atomic mass is 16.4. The molecule has 0 aliphatic rings. The summed E-state index contributed by atoms with van der Waals surface area (Å²) < 4.78 is 0. The smallest absolute Gasteiger partial charge is 0.323 e. The number of hydrogen-bond acceptors (Lipinski definition) is 2. The zero-order valence-electron chi connectivity index (χ0n) is 12.5. The van der Waals surface area contributed by atoms with Crippen LogP contribution >= 0.6 is 0 Å². The van der Waals surface area contributed by atoms with E-state index in [1.165, 1.54) is 10.9 Å². The van der Waals surface area contributed by atoms with Crippen molar-refractivity contribution < 1.29 is 9.90 Å². The zero-order chi connectivity index (χ0) is 14.9. The van der Waals surface area contributed by atoms with E-state index in [-0.39, 0.29) is 0 Å². The molecule has 20 heavy (non-hydrogen) atoms. The quantitative estimate of drug-likeness (QED) is 0.880. The Morgan fingerprint density at radius 1 is 1.35 bits per heavy atom. The molecule has 2 rings (SSSR count). The Balaban J connectivity index is 2.40. The molecule has 0 bridgehead atoms. The number of carbonyl (C=O) groups is 1. The number of fused-ring (bicyclic) bond motifs is 1. The third-order valence-electron chi connectivity index (χ3n) is 4.07. The van der Waals surface area contributed by atoms with Crippen molar-refractivity contribution in [2.75, 3.05) is 6.54 Å². The number of nitrogens with zero attached hydrogens (tertiary/aromatic N) is 1. The number of nitrogens with one attached hydrogen (secondary N) is 1. The Morgan fingerprint density at radius 2 is 2.00 bits per heavy atom. The van der Waals surface area contributed by atoms with Crippen molar-refractivity contribution in [1.29, 1.82) is 0 Å². The fourth-order valence-electron chi connectivity index (χ4n) is 2.57. The summed E-state index contributed by atoms with van der Waals surface area (Å²) in [7, 11) is 0. The summed E-state index contributed by atoms with van der Waals surface area (Å²) in [5.74, 6) is -0.795. The van der Waals surface area contributed by atoms with Gasteiger partial charge in [-0.05, 0) is 38.9 Å². The SMILES string of the molecule is CCN(Cc1c(C)[nH]c2ccccc12)C(C)(C)C(=O)O. The second-order valence-electron chi connectivity index (χ2n) is 5.65. The number of aryl methyl sites for hydroxylation is 1.